The number of thiocarbonyl (C=S) groups is 1. The Labute approximate surface area is 157 Å². The van der Waals surface area contributed by atoms with E-state index in [0.717, 1.165) is 22.7 Å². The maximum absolute atomic E-state index is 5.32. The summed E-state index contributed by atoms with van der Waals surface area (Å²) in [6, 6.07) is 23.0. The fourth-order valence-corrected chi connectivity index (χ4v) is 2.47. The summed E-state index contributed by atoms with van der Waals surface area (Å²) in [7, 11) is 1.64. The zero-order valence-electron chi connectivity index (χ0n) is 14.2. The average molecular weight is 362 g/mol. The number of rotatable bonds is 5. The molecule has 6 heteroatoms. The molecule has 0 spiro atoms. The Morgan fingerprint density at radius 3 is 2.35 bits per heavy atom. The molecule has 0 bridgehead atoms. The first-order chi connectivity index (χ1) is 12.8. The number of benzene rings is 2. The van der Waals surface area contributed by atoms with Gasteiger partial charge in [-0.2, -0.15) is 5.10 Å². The number of anilines is 1. The minimum absolute atomic E-state index is 0.401. The highest BCUT2D eigenvalue weighted by atomic mass is 32.1. The minimum Gasteiger partial charge on any atom is -0.497 e. The van der Waals surface area contributed by atoms with Gasteiger partial charge in [0.1, 0.15) is 11.5 Å². The van der Waals surface area contributed by atoms with Crippen LogP contribution in [0.2, 0.25) is 0 Å². The van der Waals surface area contributed by atoms with Crippen LogP contribution in [0.5, 0.6) is 5.75 Å². The second-order valence-corrected chi connectivity index (χ2v) is 5.74. The summed E-state index contributed by atoms with van der Waals surface area (Å²) in [6.45, 7) is 0. The van der Waals surface area contributed by atoms with E-state index in [-0.39, 0.29) is 0 Å². The Hall–Kier alpha value is -3.25. The molecule has 130 valence electrons. The number of methoxy groups -OCH3 is 1. The van der Waals surface area contributed by atoms with Crippen LogP contribution in [0.4, 0.5) is 5.69 Å². The molecule has 0 atom stereocenters. The largest absolute Gasteiger partial charge is 0.497 e. The van der Waals surface area contributed by atoms with Crippen molar-refractivity contribution in [3.63, 3.8) is 0 Å². The van der Waals surface area contributed by atoms with Crippen molar-refractivity contribution < 1.29 is 4.74 Å². The van der Waals surface area contributed by atoms with E-state index in [1.807, 2.05) is 72.8 Å². The monoisotopic (exact) mass is 362 g/mol. The predicted molar refractivity (Wildman–Crippen MR) is 109 cm³/mol. The lowest BCUT2D eigenvalue weighted by Gasteiger charge is -2.10. The molecule has 0 amide bonds. The van der Waals surface area contributed by atoms with Gasteiger partial charge in [-0.1, -0.05) is 24.3 Å². The third kappa shape index (κ3) is 4.64. The van der Waals surface area contributed by atoms with Gasteiger partial charge in [0, 0.05) is 17.4 Å². The second-order valence-electron chi connectivity index (χ2n) is 5.34. The fourth-order valence-electron chi connectivity index (χ4n) is 2.31. The van der Waals surface area contributed by atoms with E-state index in [1.165, 1.54) is 0 Å². The molecule has 1 heterocycles. The van der Waals surface area contributed by atoms with Crippen LogP contribution in [0.1, 0.15) is 11.3 Å². The number of nitrogens with zero attached hydrogens (tertiary/aromatic N) is 2. The number of hydrazone groups is 1. The van der Waals surface area contributed by atoms with Crippen molar-refractivity contribution in [2.24, 2.45) is 5.10 Å². The number of aromatic nitrogens is 1. The predicted octanol–water partition coefficient (Wildman–Crippen LogP) is 3.83. The average Bonchev–Trinajstić information content (AvgIpc) is 2.70. The van der Waals surface area contributed by atoms with Crippen molar-refractivity contribution in [1.82, 2.24) is 10.4 Å². The third-order valence-corrected chi connectivity index (χ3v) is 3.77. The van der Waals surface area contributed by atoms with Crippen molar-refractivity contribution in [3.05, 3.63) is 90.3 Å². The molecule has 0 aliphatic rings. The van der Waals surface area contributed by atoms with Crippen molar-refractivity contribution >= 4 is 28.7 Å². The van der Waals surface area contributed by atoms with Crippen LogP contribution in [0.15, 0.2) is 84.1 Å². The second kappa shape index (κ2) is 8.73. The molecule has 0 fully saturated rings. The van der Waals surface area contributed by atoms with Crippen molar-refractivity contribution in [2.75, 3.05) is 12.4 Å². The Morgan fingerprint density at radius 1 is 0.962 bits per heavy atom. The van der Waals surface area contributed by atoms with Crippen molar-refractivity contribution in [3.8, 4) is 5.75 Å². The summed E-state index contributed by atoms with van der Waals surface area (Å²) in [6.07, 6.45) is 1.73. The van der Waals surface area contributed by atoms with E-state index in [2.05, 4.69) is 20.8 Å². The van der Waals surface area contributed by atoms with Gasteiger partial charge in [-0.15, -0.1) is 0 Å². The fraction of sp³-hybridized carbons (Fsp3) is 0.0500. The van der Waals surface area contributed by atoms with Gasteiger partial charge in [0.15, 0.2) is 5.11 Å². The van der Waals surface area contributed by atoms with E-state index in [4.69, 9.17) is 17.0 Å². The van der Waals surface area contributed by atoms with Crippen LogP contribution in [-0.2, 0) is 0 Å². The third-order valence-electron chi connectivity index (χ3n) is 3.57. The normalized spacial score (nSPS) is 10.9. The molecule has 0 radical (unpaired) electrons. The highest BCUT2D eigenvalue weighted by Crippen LogP contribution is 2.15. The van der Waals surface area contributed by atoms with Gasteiger partial charge < -0.3 is 10.1 Å². The topological polar surface area (TPSA) is 58.5 Å². The molecule has 0 aliphatic carbocycles. The lowest BCUT2D eigenvalue weighted by molar-refractivity contribution is 0.415. The molecule has 26 heavy (non-hydrogen) atoms. The minimum atomic E-state index is 0.401. The number of hydrogen-bond donors (Lipinski definition) is 2. The Balaban J connectivity index is 1.83. The quantitative estimate of drug-likeness (QED) is 0.410. The van der Waals surface area contributed by atoms with Crippen LogP contribution >= 0.6 is 12.2 Å². The van der Waals surface area contributed by atoms with Gasteiger partial charge >= 0.3 is 0 Å². The summed E-state index contributed by atoms with van der Waals surface area (Å²) in [5.41, 5.74) is 6.12. The molecule has 3 aromatic rings. The number of hydrogen-bond acceptors (Lipinski definition) is 4. The molecule has 0 aliphatic heterocycles. The lowest BCUT2D eigenvalue weighted by atomic mass is 10.1. The van der Waals surface area contributed by atoms with E-state index in [9.17, 15) is 0 Å². The van der Waals surface area contributed by atoms with E-state index >= 15 is 0 Å². The molecule has 1 aromatic heterocycles. The van der Waals surface area contributed by atoms with Gasteiger partial charge in [-0.05, 0) is 60.7 Å². The van der Waals surface area contributed by atoms with Gasteiger partial charge in [0.05, 0.1) is 12.8 Å². The SMILES string of the molecule is COc1ccc(/C(=N\NC(=S)Nc2ccccc2)c2ccccn2)cc1. The van der Waals surface area contributed by atoms with E-state index < -0.39 is 0 Å². The number of pyridine rings is 1. The zero-order chi connectivity index (χ0) is 18.2. The molecular formula is C20H18N4OS. The zero-order valence-corrected chi connectivity index (χ0v) is 15.0. The molecule has 2 N–H and O–H groups in total. The van der Waals surface area contributed by atoms with Crippen molar-refractivity contribution in [2.45, 2.75) is 0 Å². The van der Waals surface area contributed by atoms with Crippen LogP contribution in [-0.4, -0.2) is 22.9 Å². The molecule has 0 unspecified atom stereocenters. The molecule has 3 rings (SSSR count). The molecule has 2 aromatic carbocycles. The lowest BCUT2D eigenvalue weighted by Crippen LogP contribution is -2.25. The number of para-hydroxylation sites is 1. The number of nitrogens with one attached hydrogen (secondary N) is 2. The first-order valence-corrected chi connectivity index (χ1v) is 8.42. The van der Waals surface area contributed by atoms with Crippen molar-refractivity contribution in [1.29, 1.82) is 0 Å². The summed E-state index contributed by atoms with van der Waals surface area (Å²) in [5, 5.41) is 7.97. The van der Waals surface area contributed by atoms with E-state index in [0.29, 0.717) is 10.8 Å². The highest BCUT2D eigenvalue weighted by molar-refractivity contribution is 7.80. The standard InChI is InChI=1S/C20H18N4OS/c1-25-17-12-10-15(11-13-17)19(18-9-5-6-14-21-18)23-24-20(26)22-16-7-3-2-4-8-16/h2-14H,1H3,(H2,22,24,26)/b23-19+. The van der Waals surface area contributed by atoms with Gasteiger partial charge in [-0.3, -0.25) is 10.4 Å². The Bertz CT molecular complexity index is 881. The first kappa shape index (κ1) is 17.6. The summed E-state index contributed by atoms with van der Waals surface area (Å²) in [5.74, 6) is 0.781. The summed E-state index contributed by atoms with van der Waals surface area (Å²) < 4.78 is 5.22. The smallest absolute Gasteiger partial charge is 0.191 e. The Morgan fingerprint density at radius 2 is 1.69 bits per heavy atom. The van der Waals surface area contributed by atoms with Gasteiger partial charge in [-0.25, -0.2) is 0 Å². The van der Waals surface area contributed by atoms with Crippen LogP contribution < -0.4 is 15.5 Å². The summed E-state index contributed by atoms with van der Waals surface area (Å²) in [4.78, 5) is 4.39. The molecule has 0 saturated heterocycles. The first-order valence-electron chi connectivity index (χ1n) is 8.02. The maximum Gasteiger partial charge on any atom is 0.191 e. The number of ether oxygens (including phenoxy) is 1. The van der Waals surface area contributed by atoms with Gasteiger partial charge in [0.25, 0.3) is 0 Å². The molecule has 0 saturated carbocycles. The molecular weight excluding hydrogens is 344 g/mol. The van der Waals surface area contributed by atoms with Gasteiger partial charge in [0.2, 0.25) is 0 Å². The Kier molecular flexibility index (Phi) is 5.90. The molecule has 5 nitrogen and oxygen atoms in total. The van der Waals surface area contributed by atoms with Crippen LogP contribution in [0.25, 0.3) is 0 Å². The highest BCUT2D eigenvalue weighted by Gasteiger charge is 2.09. The summed E-state index contributed by atoms with van der Waals surface area (Å²) >= 11 is 5.32. The van der Waals surface area contributed by atoms with Crippen LogP contribution in [0, 0.1) is 0 Å². The maximum atomic E-state index is 5.32. The van der Waals surface area contributed by atoms with Crippen LogP contribution in [0.3, 0.4) is 0 Å². The van der Waals surface area contributed by atoms with E-state index in [1.54, 1.807) is 13.3 Å².